The van der Waals surface area contributed by atoms with Crippen LogP contribution >= 0.6 is 54.5 Å². The number of ether oxygens (including phenoxy) is 6. The van der Waals surface area contributed by atoms with Gasteiger partial charge in [0.2, 0.25) is 0 Å². The Kier molecular flexibility index (Phi) is 21.8. The molecule has 3 fully saturated rings. The fourth-order valence-corrected chi connectivity index (χ4v) is 10.3. The molecule has 2 atom stereocenters. The summed E-state index contributed by atoms with van der Waals surface area (Å²) in [5.41, 5.74) is 1.11. The van der Waals surface area contributed by atoms with Gasteiger partial charge in [-0.15, -0.1) is 0 Å². The van der Waals surface area contributed by atoms with Gasteiger partial charge >= 0.3 is 19.3 Å². The highest BCUT2D eigenvalue weighted by molar-refractivity contribution is 14.1. The molecule has 16 nitrogen and oxygen atoms in total. The maximum atomic E-state index is 14.8. The Morgan fingerprint density at radius 1 is 0.688 bits per heavy atom. The molecule has 80 heavy (non-hydrogen) atoms. The lowest BCUT2D eigenvalue weighted by Gasteiger charge is -2.32. The van der Waals surface area contributed by atoms with Gasteiger partial charge in [0.15, 0.2) is 0 Å². The first-order valence-electron chi connectivity index (χ1n) is 27.1. The van der Waals surface area contributed by atoms with Gasteiger partial charge in [0.25, 0.3) is 0 Å². The van der Waals surface area contributed by atoms with E-state index in [2.05, 4.69) is 74.8 Å². The number of hydrogen-bond acceptors (Lipinski definition) is 12. The van der Waals surface area contributed by atoms with E-state index in [0.717, 1.165) is 54.7 Å². The van der Waals surface area contributed by atoms with Gasteiger partial charge in [-0.1, -0.05) is 37.9 Å². The summed E-state index contributed by atoms with van der Waals surface area (Å²) in [4.78, 5) is 28.2. The predicted octanol–water partition coefficient (Wildman–Crippen LogP) is 13.6. The summed E-state index contributed by atoms with van der Waals surface area (Å²) >= 11 is 9.05. The first-order valence-corrected chi connectivity index (χ1v) is 29.7. The van der Waals surface area contributed by atoms with E-state index in [0.29, 0.717) is 93.8 Å². The van der Waals surface area contributed by atoms with Crippen molar-refractivity contribution in [1.82, 2.24) is 30.2 Å². The lowest BCUT2D eigenvalue weighted by molar-refractivity contribution is 0.00578. The monoisotopic (exact) mass is 1350 g/mol. The van der Waals surface area contributed by atoms with E-state index in [4.69, 9.17) is 37.7 Å². The summed E-state index contributed by atoms with van der Waals surface area (Å²) in [7, 11) is -0.747. The van der Waals surface area contributed by atoms with Crippen molar-refractivity contribution >= 4 is 101 Å². The van der Waals surface area contributed by atoms with E-state index in [1.54, 1.807) is 34.1 Å². The zero-order chi connectivity index (χ0) is 58.0. The quantitative estimate of drug-likeness (QED) is 0.0534. The zero-order valence-corrected chi connectivity index (χ0v) is 52.7. The minimum absolute atomic E-state index is 0.0339. The standard InChI is InChI=1S/C26H31BrFN3O4.C25H39BFNO6.C7H4BrIN2/c1-26(2,3)35-25(32)31-11-4-6-18(31)16-33-12-5-13-34-19-8-10-20(22(28)15-19)24-21-9-7-17(27)14-23(21)29-30-24;1-23(2,3)32-22(29)28-13-8-10-18(28)17-30-14-9-15-31-19-11-12-20(21(27)16-19)26-33-24(4,5)25(6,7)34-26;8-4-1-2-5-6(3-4)10-11-7(5)9/h7-10,14-15,18H,4-6,11-13,16H2,1-3H3,(H,29,30);11-12,16,18H,8-10,13-15,17H2,1-7H3;1-3H,(H,10,11)/t2*18-;/m00./s1. The van der Waals surface area contributed by atoms with E-state index in [1.165, 1.54) is 17.5 Å². The number of nitrogens with zero attached hydrogens (tertiary/aromatic N) is 4. The van der Waals surface area contributed by atoms with Gasteiger partial charge in [-0.2, -0.15) is 10.2 Å². The van der Waals surface area contributed by atoms with Crippen LogP contribution in [0.3, 0.4) is 0 Å². The number of carbonyl (C=O) groups is 2. The van der Waals surface area contributed by atoms with Crippen molar-refractivity contribution in [2.45, 2.75) is 142 Å². The van der Waals surface area contributed by atoms with Crippen LogP contribution in [-0.4, -0.2) is 137 Å². The number of likely N-dealkylation sites (tertiary alicyclic amines) is 2. The molecule has 2 N–H and O–H groups in total. The molecule has 0 bridgehead atoms. The summed E-state index contributed by atoms with van der Waals surface area (Å²) < 4.78 is 78.4. The number of halogens is 5. The second kappa shape index (κ2) is 27.7. The third-order valence-corrected chi connectivity index (χ3v) is 15.5. The van der Waals surface area contributed by atoms with Gasteiger partial charge in [-0.3, -0.25) is 10.2 Å². The van der Waals surface area contributed by atoms with E-state index >= 15 is 0 Å². The minimum atomic E-state index is -0.747. The lowest BCUT2D eigenvalue weighted by atomic mass is 9.78. The molecule has 434 valence electrons. The van der Waals surface area contributed by atoms with E-state index in [9.17, 15) is 18.4 Å². The number of nitrogens with one attached hydrogen (secondary N) is 2. The summed E-state index contributed by atoms with van der Waals surface area (Å²) in [6, 6.07) is 21.4. The van der Waals surface area contributed by atoms with Crippen LogP contribution in [0, 0.1) is 15.3 Å². The molecule has 3 aliphatic rings. The first kappa shape index (κ1) is 63.0. The molecular weight excluding hydrogens is 1280 g/mol. The first-order chi connectivity index (χ1) is 37.8. The van der Waals surface area contributed by atoms with E-state index in [-0.39, 0.29) is 24.3 Å². The average Bonchev–Trinajstić information content (AvgIpc) is 4.35. The topological polar surface area (TPSA) is 172 Å². The Bertz CT molecular complexity index is 3030. The maximum absolute atomic E-state index is 14.8. The molecule has 5 heterocycles. The van der Waals surface area contributed by atoms with Crippen LogP contribution in [0.2, 0.25) is 0 Å². The number of aromatic amines is 2. The summed E-state index contributed by atoms with van der Waals surface area (Å²) in [5, 5.41) is 16.3. The summed E-state index contributed by atoms with van der Waals surface area (Å²) in [6.45, 7) is 23.0. The number of benzene rings is 4. The van der Waals surface area contributed by atoms with Crippen LogP contribution in [0.4, 0.5) is 18.4 Å². The molecule has 2 amide bonds. The van der Waals surface area contributed by atoms with Crippen LogP contribution < -0.4 is 14.9 Å². The number of amides is 2. The van der Waals surface area contributed by atoms with Gasteiger partial charge in [-0.05, 0) is 172 Å². The highest BCUT2D eigenvalue weighted by Crippen LogP contribution is 2.37. The second-order valence-electron chi connectivity index (χ2n) is 22.9. The molecule has 0 unspecified atom stereocenters. The lowest BCUT2D eigenvalue weighted by Crippen LogP contribution is -2.41. The predicted molar refractivity (Wildman–Crippen MR) is 322 cm³/mol. The van der Waals surface area contributed by atoms with Gasteiger partial charge in [0.1, 0.15) is 43.7 Å². The van der Waals surface area contributed by atoms with Crippen molar-refractivity contribution < 1.29 is 56.1 Å². The molecular formula is C58H74BBr2F2IN6O10. The fraction of sp³-hybridized carbons (Fsp3) is 0.517. The van der Waals surface area contributed by atoms with Crippen LogP contribution in [0.25, 0.3) is 33.1 Å². The molecule has 0 radical (unpaired) electrons. The largest absolute Gasteiger partial charge is 0.497 e. The van der Waals surface area contributed by atoms with Crippen molar-refractivity contribution in [3.8, 4) is 22.8 Å². The Morgan fingerprint density at radius 3 is 1.73 bits per heavy atom. The van der Waals surface area contributed by atoms with Crippen LogP contribution in [0.15, 0.2) is 81.7 Å². The molecule has 2 aromatic heterocycles. The molecule has 22 heteroatoms. The molecule has 4 aromatic carbocycles. The average molecular weight is 1350 g/mol. The summed E-state index contributed by atoms with van der Waals surface area (Å²) in [6.07, 6.45) is 4.45. The number of H-pyrrole nitrogens is 2. The fourth-order valence-electron chi connectivity index (χ4n) is 8.97. The summed E-state index contributed by atoms with van der Waals surface area (Å²) in [5.74, 6) is 0.0969. The number of carbonyl (C=O) groups excluding carboxylic acids is 2. The van der Waals surface area contributed by atoms with Crippen LogP contribution in [0.5, 0.6) is 11.5 Å². The molecule has 0 saturated carbocycles. The van der Waals surface area contributed by atoms with Gasteiger partial charge in [0.05, 0.1) is 60.7 Å². The van der Waals surface area contributed by atoms with Crippen molar-refractivity contribution in [2.24, 2.45) is 0 Å². The molecule has 3 aliphatic heterocycles. The number of hydrogen-bond donors (Lipinski definition) is 2. The number of aromatic nitrogens is 4. The molecule has 0 spiro atoms. The highest BCUT2D eigenvalue weighted by Gasteiger charge is 2.52. The normalized spacial score (nSPS) is 17.8. The Balaban J connectivity index is 0.000000194. The number of rotatable bonds is 16. The minimum Gasteiger partial charge on any atom is -0.493 e. The van der Waals surface area contributed by atoms with Crippen LogP contribution in [-0.2, 0) is 28.3 Å². The molecule has 3 saturated heterocycles. The van der Waals surface area contributed by atoms with Crippen molar-refractivity contribution in [3.63, 3.8) is 0 Å². The van der Waals surface area contributed by atoms with Crippen molar-refractivity contribution in [1.29, 1.82) is 0 Å². The van der Waals surface area contributed by atoms with Gasteiger partial charge < -0.3 is 47.5 Å². The maximum Gasteiger partial charge on any atom is 0.497 e. The Hall–Kier alpha value is -4.59. The van der Waals surface area contributed by atoms with Gasteiger partial charge in [0, 0.05) is 82.0 Å². The van der Waals surface area contributed by atoms with Crippen LogP contribution in [0.1, 0.15) is 108 Å². The Labute approximate surface area is 498 Å². The SMILES string of the molecule is Brc1ccc2c(I)[nH]nc2c1.CC(C)(C)OC(=O)N1CCC[C@H]1COCCCOc1ccc(-c2n[nH]c3cc(Br)ccc23)c(F)c1.CC(C)(C)OC(=O)N1CCC[C@H]1COCCCOc1ccc(B2OC(C)(C)C(C)(C)O2)c(F)c1. The van der Waals surface area contributed by atoms with E-state index < -0.39 is 41.2 Å². The highest BCUT2D eigenvalue weighted by atomic mass is 127. The smallest absolute Gasteiger partial charge is 0.493 e. The molecule has 6 aromatic rings. The third-order valence-electron chi connectivity index (χ3n) is 13.7. The zero-order valence-electron chi connectivity index (χ0n) is 47.3. The Morgan fingerprint density at radius 2 is 1.20 bits per heavy atom. The van der Waals surface area contributed by atoms with Crippen molar-refractivity contribution in [2.75, 3.05) is 52.7 Å². The third kappa shape index (κ3) is 17.5. The molecule has 0 aliphatic carbocycles. The second-order valence-corrected chi connectivity index (χ2v) is 25.8. The molecule has 9 rings (SSSR count). The van der Waals surface area contributed by atoms with E-state index in [1.807, 2.05) is 106 Å². The van der Waals surface area contributed by atoms with Gasteiger partial charge in [-0.25, -0.2) is 18.4 Å². The number of fused-ring (bicyclic) bond motifs is 2. The van der Waals surface area contributed by atoms with Crippen molar-refractivity contribution in [3.05, 3.63) is 97.1 Å².